The van der Waals surface area contributed by atoms with Crippen molar-refractivity contribution >= 4 is 5.91 Å². The molecule has 1 fully saturated rings. The molecule has 1 aromatic carbocycles. The summed E-state index contributed by atoms with van der Waals surface area (Å²) < 4.78 is 165. The summed E-state index contributed by atoms with van der Waals surface area (Å²) >= 11 is 0. The second-order valence-electron chi connectivity index (χ2n) is 6.28. The van der Waals surface area contributed by atoms with Crippen molar-refractivity contribution in [3.8, 4) is 0 Å². The third-order valence-electron chi connectivity index (χ3n) is 4.15. The smallest absolute Gasteiger partial charge is 0.345 e. The van der Waals surface area contributed by atoms with Gasteiger partial charge in [0.05, 0.1) is 6.04 Å². The van der Waals surface area contributed by atoms with Gasteiger partial charge in [0.25, 0.3) is 5.91 Å². The van der Waals surface area contributed by atoms with E-state index in [1.165, 1.54) is 18.2 Å². The average molecular weight is 478 g/mol. The van der Waals surface area contributed by atoms with Crippen molar-refractivity contribution in [2.24, 2.45) is 0 Å². The van der Waals surface area contributed by atoms with Gasteiger partial charge in [-0.25, -0.2) is 9.13 Å². The lowest BCUT2D eigenvalue weighted by molar-refractivity contribution is -0.583. The molecule has 0 saturated carbocycles. The van der Waals surface area contributed by atoms with Crippen molar-refractivity contribution in [2.45, 2.75) is 49.2 Å². The Bertz CT molecular complexity index is 803. The maximum Gasteiger partial charge on any atom is 0.446 e. The normalized spacial score (nSPS) is 25.3. The molecule has 2 atom stereocenters. The van der Waals surface area contributed by atoms with E-state index in [1.807, 2.05) is 4.74 Å². The minimum absolute atomic E-state index is 0.100. The lowest BCUT2D eigenvalue weighted by Crippen LogP contribution is -2.82. The zero-order chi connectivity index (χ0) is 24.3. The fourth-order valence-corrected chi connectivity index (χ4v) is 2.58. The Morgan fingerprint density at radius 2 is 1.32 bits per heavy atom. The SMILES string of the molecule is C[C@H](NC(=O)[C@](F)(N1C(F)(F)C(F)(F)OC(F)(F)C1(F)F)C(F)(F)F)c1ccccc1. The van der Waals surface area contributed by atoms with Gasteiger partial charge < -0.3 is 5.32 Å². The van der Waals surface area contributed by atoms with Gasteiger partial charge in [0.1, 0.15) is 0 Å². The van der Waals surface area contributed by atoms with Gasteiger partial charge in [0, 0.05) is 0 Å². The molecule has 31 heavy (non-hydrogen) atoms. The number of nitrogens with zero attached hydrogens (tertiary/aromatic N) is 1. The van der Waals surface area contributed by atoms with E-state index in [4.69, 9.17) is 0 Å². The Kier molecular flexibility index (Phi) is 5.77. The molecule has 2 rings (SSSR count). The Balaban J connectivity index is 2.66. The Labute approximate surface area is 164 Å². The number of hydrogen-bond donors (Lipinski definition) is 1. The first kappa shape index (κ1) is 25.0. The molecular formula is C15H10F12N2O2. The van der Waals surface area contributed by atoms with E-state index in [-0.39, 0.29) is 5.56 Å². The van der Waals surface area contributed by atoms with Crippen LogP contribution in [0.5, 0.6) is 0 Å². The molecular weight excluding hydrogens is 468 g/mol. The zero-order valence-corrected chi connectivity index (χ0v) is 14.8. The first-order chi connectivity index (χ1) is 13.7. The quantitative estimate of drug-likeness (QED) is 0.500. The number of hydrogen-bond acceptors (Lipinski definition) is 3. The Morgan fingerprint density at radius 1 is 0.903 bits per heavy atom. The van der Waals surface area contributed by atoms with Crippen LogP contribution < -0.4 is 5.32 Å². The van der Waals surface area contributed by atoms with Crippen molar-refractivity contribution < 1.29 is 62.2 Å². The molecule has 1 aliphatic rings. The van der Waals surface area contributed by atoms with Crippen LogP contribution in [-0.4, -0.2) is 47.1 Å². The van der Waals surface area contributed by atoms with E-state index in [1.54, 1.807) is 0 Å². The third-order valence-corrected chi connectivity index (χ3v) is 4.15. The van der Waals surface area contributed by atoms with Gasteiger partial charge in [-0.05, 0) is 12.5 Å². The summed E-state index contributed by atoms with van der Waals surface area (Å²) in [5, 5.41) is 1.10. The molecule has 1 saturated heterocycles. The number of amides is 1. The lowest BCUT2D eigenvalue weighted by Gasteiger charge is -2.51. The number of nitrogens with one attached hydrogen (secondary N) is 1. The highest BCUT2D eigenvalue weighted by atomic mass is 19.4. The monoisotopic (exact) mass is 478 g/mol. The molecule has 0 radical (unpaired) electrons. The van der Waals surface area contributed by atoms with Crippen LogP contribution in [0.2, 0.25) is 0 Å². The minimum atomic E-state index is -7.12. The molecule has 0 aromatic heterocycles. The summed E-state index contributed by atoms with van der Waals surface area (Å²) in [7, 11) is 0. The van der Waals surface area contributed by atoms with Gasteiger partial charge in [-0.2, -0.15) is 48.3 Å². The van der Waals surface area contributed by atoms with Gasteiger partial charge in [-0.15, -0.1) is 4.90 Å². The summed E-state index contributed by atoms with van der Waals surface area (Å²) in [6.07, 6.45) is -20.6. The number of rotatable bonds is 4. The predicted octanol–water partition coefficient (Wildman–Crippen LogP) is 4.80. The first-order valence-electron chi connectivity index (χ1n) is 7.87. The molecule has 1 heterocycles. The number of carbonyl (C=O) groups is 1. The number of ether oxygens (including phenoxy) is 1. The van der Waals surface area contributed by atoms with Crippen LogP contribution in [0.3, 0.4) is 0 Å². The van der Waals surface area contributed by atoms with Crippen molar-refractivity contribution in [1.29, 1.82) is 0 Å². The van der Waals surface area contributed by atoms with E-state index in [0.29, 0.717) is 0 Å². The highest BCUT2D eigenvalue weighted by Gasteiger charge is 2.90. The van der Waals surface area contributed by atoms with Crippen LogP contribution in [0, 0.1) is 0 Å². The van der Waals surface area contributed by atoms with Gasteiger partial charge in [-0.1, -0.05) is 30.3 Å². The van der Waals surface area contributed by atoms with Crippen molar-refractivity contribution in [1.82, 2.24) is 10.2 Å². The summed E-state index contributed by atoms with van der Waals surface area (Å²) in [5.41, 5.74) is -0.100. The van der Waals surface area contributed by atoms with Crippen molar-refractivity contribution in [3.05, 3.63) is 35.9 Å². The zero-order valence-electron chi connectivity index (χ0n) is 14.8. The van der Waals surface area contributed by atoms with Crippen LogP contribution in [-0.2, 0) is 9.53 Å². The predicted molar refractivity (Wildman–Crippen MR) is 75.6 cm³/mol. The summed E-state index contributed by atoms with van der Waals surface area (Å²) in [4.78, 5) is 8.44. The molecule has 0 bridgehead atoms. The van der Waals surface area contributed by atoms with Crippen molar-refractivity contribution in [3.63, 3.8) is 0 Å². The molecule has 1 aliphatic heterocycles. The van der Waals surface area contributed by atoms with Gasteiger partial charge >= 0.3 is 36.3 Å². The maximum absolute atomic E-state index is 14.8. The molecule has 1 N–H and O–H groups in total. The fourth-order valence-electron chi connectivity index (χ4n) is 2.58. The van der Waals surface area contributed by atoms with Crippen LogP contribution in [0.4, 0.5) is 52.7 Å². The first-order valence-corrected chi connectivity index (χ1v) is 7.87. The maximum atomic E-state index is 14.8. The van der Waals surface area contributed by atoms with Crippen LogP contribution in [0.15, 0.2) is 30.3 Å². The van der Waals surface area contributed by atoms with E-state index in [2.05, 4.69) is 0 Å². The third kappa shape index (κ3) is 3.68. The molecule has 0 aliphatic carbocycles. The van der Waals surface area contributed by atoms with Gasteiger partial charge in [0.15, 0.2) is 0 Å². The van der Waals surface area contributed by atoms with E-state index in [9.17, 15) is 57.5 Å². The minimum Gasteiger partial charge on any atom is -0.345 e. The largest absolute Gasteiger partial charge is 0.446 e. The van der Waals surface area contributed by atoms with Gasteiger partial charge in [0.2, 0.25) is 0 Å². The average Bonchev–Trinajstić information content (AvgIpc) is 2.58. The molecule has 176 valence electrons. The number of morpholine rings is 1. The van der Waals surface area contributed by atoms with E-state index in [0.717, 1.165) is 24.4 Å². The van der Waals surface area contributed by atoms with Crippen LogP contribution >= 0.6 is 0 Å². The summed E-state index contributed by atoms with van der Waals surface area (Å²) in [6.45, 7) is 0.850. The fraction of sp³-hybridized carbons (Fsp3) is 0.533. The molecule has 16 heteroatoms. The van der Waals surface area contributed by atoms with Gasteiger partial charge in [-0.3, -0.25) is 4.79 Å². The Morgan fingerprint density at radius 3 is 1.71 bits per heavy atom. The standard InChI is InChI=1S/C15H10F12N2O2/c1-7(8-5-3-2-4-6-8)28-9(30)10(16,11(17,18)19)29-12(20,21)14(24,25)31-15(26,27)13(29,22)23/h2-7H,1H3,(H,28,30)/t7-,10-/m0/s1. The number of halogens is 12. The number of benzene rings is 1. The van der Waals surface area contributed by atoms with Crippen molar-refractivity contribution in [2.75, 3.05) is 0 Å². The lowest BCUT2D eigenvalue weighted by atomic mass is 10.1. The van der Waals surface area contributed by atoms with E-state index >= 15 is 0 Å². The highest BCUT2D eigenvalue weighted by molar-refractivity contribution is 5.86. The molecule has 4 nitrogen and oxygen atoms in total. The molecule has 0 spiro atoms. The molecule has 0 unspecified atom stereocenters. The Hall–Kier alpha value is -2.23. The number of carbonyl (C=O) groups excluding carboxylic acids is 1. The molecule has 1 aromatic rings. The summed E-state index contributed by atoms with van der Waals surface area (Å²) in [5.74, 6) is -10.1. The highest BCUT2D eigenvalue weighted by Crippen LogP contribution is 2.60. The summed E-state index contributed by atoms with van der Waals surface area (Å²) in [6, 6.07) is -9.66. The number of alkyl halides is 12. The second kappa shape index (κ2) is 7.15. The molecule has 1 amide bonds. The second-order valence-corrected chi connectivity index (χ2v) is 6.28. The van der Waals surface area contributed by atoms with E-state index < -0.39 is 53.1 Å². The van der Waals surface area contributed by atoms with Crippen LogP contribution in [0.25, 0.3) is 0 Å². The topological polar surface area (TPSA) is 41.6 Å². The van der Waals surface area contributed by atoms with Crippen LogP contribution in [0.1, 0.15) is 18.5 Å².